The van der Waals surface area contributed by atoms with Gasteiger partial charge in [-0.3, -0.25) is 14.6 Å². The smallest absolute Gasteiger partial charge is 0.274 e. The van der Waals surface area contributed by atoms with Gasteiger partial charge in [-0.05, 0) is 43.3 Å². The fourth-order valence-corrected chi connectivity index (χ4v) is 2.43. The second kappa shape index (κ2) is 8.14. The molecule has 0 aliphatic rings. The predicted molar refractivity (Wildman–Crippen MR) is 104 cm³/mol. The van der Waals surface area contributed by atoms with Gasteiger partial charge >= 0.3 is 0 Å². The van der Waals surface area contributed by atoms with E-state index >= 15 is 0 Å². The lowest BCUT2D eigenvalue weighted by molar-refractivity contribution is 0.102. The van der Waals surface area contributed by atoms with Crippen molar-refractivity contribution in [3.63, 3.8) is 0 Å². The largest absolute Gasteiger partial charge is 0.497 e. The summed E-state index contributed by atoms with van der Waals surface area (Å²) >= 11 is 0. The van der Waals surface area contributed by atoms with Gasteiger partial charge in [-0.25, -0.2) is 0 Å². The lowest BCUT2D eigenvalue weighted by Crippen LogP contribution is -2.17. The van der Waals surface area contributed by atoms with E-state index in [-0.39, 0.29) is 11.6 Å². The van der Waals surface area contributed by atoms with Gasteiger partial charge in [0.2, 0.25) is 0 Å². The van der Waals surface area contributed by atoms with Crippen molar-refractivity contribution >= 4 is 23.2 Å². The Morgan fingerprint density at radius 1 is 0.889 bits per heavy atom. The quantitative estimate of drug-likeness (QED) is 0.722. The minimum Gasteiger partial charge on any atom is -0.497 e. The third-order valence-electron chi connectivity index (χ3n) is 3.89. The number of amides is 2. The van der Waals surface area contributed by atoms with Gasteiger partial charge in [-0.2, -0.15) is 0 Å². The third-order valence-corrected chi connectivity index (χ3v) is 3.89. The van der Waals surface area contributed by atoms with E-state index in [1.165, 1.54) is 12.3 Å². The number of methoxy groups -OCH3 is 1. The van der Waals surface area contributed by atoms with Gasteiger partial charge in [-0.1, -0.05) is 23.8 Å². The molecule has 27 heavy (non-hydrogen) atoms. The topological polar surface area (TPSA) is 80.3 Å². The number of hydrogen-bond acceptors (Lipinski definition) is 4. The Morgan fingerprint density at radius 2 is 1.63 bits per heavy atom. The van der Waals surface area contributed by atoms with E-state index in [1.807, 2.05) is 31.2 Å². The van der Waals surface area contributed by atoms with Gasteiger partial charge in [0.25, 0.3) is 11.8 Å². The van der Waals surface area contributed by atoms with E-state index in [0.717, 1.165) is 5.56 Å². The van der Waals surface area contributed by atoms with Crippen LogP contribution in [0.3, 0.4) is 0 Å². The van der Waals surface area contributed by atoms with Crippen molar-refractivity contribution in [2.24, 2.45) is 0 Å². The summed E-state index contributed by atoms with van der Waals surface area (Å²) in [5.41, 5.74) is 2.87. The molecule has 1 aromatic heterocycles. The molecule has 1 heterocycles. The van der Waals surface area contributed by atoms with E-state index in [9.17, 15) is 9.59 Å². The van der Waals surface area contributed by atoms with Gasteiger partial charge in [0.05, 0.1) is 7.11 Å². The molecular weight excluding hydrogens is 342 g/mol. The number of anilines is 2. The first-order valence-corrected chi connectivity index (χ1v) is 8.34. The molecule has 0 aliphatic heterocycles. The molecule has 0 aliphatic carbocycles. The Morgan fingerprint density at radius 3 is 2.37 bits per heavy atom. The lowest BCUT2D eigenvalue weighted by atomic mass is 10.2. The highest BCUT2D eigenvalue weighted by atomic mass is 16.5. The average molecular weight is 361 g/mol. The Hall–Kier alpha value is -3.67. The monoisotopic (exact) mass is 361 g/mol. The van der Waals surface area contributed by atoms with Crippen molar-refractivity contribution in [2.45, 2.75) is 6.92 Å². The Balaban J connectivity index is 1.73. The Kier molecular flexibility index (Phi) is 5.47. The van der Waals surface area contributed by atoms with Crippen LogP contribution >= 0.6 is 0 Å². The van der Waals surface area contributed by atoms with Crippen molar-refractivity contribution in [2.75, 3.05) is 17.7 Å². The van der Waals surface area contributed by atoms with Crippen LogP contribution in [-0.2, 0) is 0 Å². The minimum absolute atomic E-state index is 0.148. The summed E-state index contributed by atoms with van der Waals surface area (Å²) in [5, 5.41) is 5.54. The van der Waals surface area contributed by atoms with Gasteiger partial charge in [0.1, 0.15) is 11.4 Å². The van der Waals surface area contributed by atoms with Crippen LogP contribution in [0, 0.1) is 6.92 Å². The first-order chi connectivity index (χ1) is 13.0. The fraction of sp³-hybridized carbons (Fsp3) is 0.0952. The zero-order valence-corrected chi connectivity index (χ0v) is 15.0. The Bertz CT molecular complexity index is 968. The number of carbonyl (C=O) groups excluding carboxylic acids is 2. The highest BCUT2D eigenvalue weighted by Gasteiger charge is 2.13. The van der Waals surface area contributed by atoms with E-state index in [0.29, 0.717) is 22.7 Å². The number of hydrogen-bond donors (Lipinski definition) is 2. The Labute approximate surface area is 157 Å². The zero-order chi connectivity index (χ0) is 19.2. The highest BCUT2D eigenvalue weighted by Crippen LogP contribution is 2.17. The maximum atomic E-state index is 12.4. The van der Waals surface area contributed by atoms with Gasteiger partial charge in [-0.15, -0.1) is 0 Å². The summed E-state index contributed by atoms with van der Waals surface area (Å²) in [7, 11) is 1.55. The zero-order valence-electron chi connectivity index (χ0n) is 15.0. The molecule has 2 aromatic carbocycles. The average Bonchev–Trinajstić information content (AvgIpc) is 2.70. The van der Waals surface area contributed by atoms with Crippen molar-refractivity contribution in [1.29, 1.82) is 0 Å². The van der Waals surface area contributed by atoms with Crippen LogP contribution < -0.4 is 15.4 Å². The van der Waals surface area contributed by atoms with Gasteiger partial charge in [0.15, 0.2) is 0 Å². The first kappa shape index (κ1) is 18.1. The number of benzene rings is 2. The maximum absolute atomic E-state index is 12.4. The summed E-state index contributed by atoms with van der Waals surface area (Å²) in [4.78, 5) is 28.9. The van der Waals surface area contributed by atoms with Crippen LogP contribution in [0.1, 0.15) is 26.4 Å². The van der Waals surface area contributed by atoms with Gasteiger partial charge in [0, 0.05) is 29.2 Å². The molecule has 136 valence electrons. The fourth-order valence-electron chi connectivity index (χ4n) is 2.43. The summed E-state index contributed by atoms with van der Waals surface area (Å²) in [6.07, 6.45) is 1.44. The van der Waals surface area contributed by atoms with E-state index in [4.69, 9.17) is 4.74 Å². The third kappa shape index (κ3) is 4.70. The number of aromatic nitrogens is 1. The number of ether oxygens (including phenoxy) is 1. The molecule has 6 heteroatoms. The number of nitrogens with one attached hydrogen (secondary N) is 2. The molecule has 6 nitrogen and oxygen atoms in total. The number of rotatable bonds is 5. The van der Waals surface area contributed by atoms with Crippen LogP contribution in [0.2, 0.25) is 0 Å². The van der Waals surface area contributed by atoms with Crippen molar-refractivity contribution in [3.05, 3.63) is 83.7 Å². The molecule has 0 fully saturated rings. The molecule has 0 bridgehead atoms. The van der Waals surface area contributed by atoms with E-state index in [2.05, 4.69) is 15.6 Å². The molecular formula is C21H19N3O3. The number of pyridine rings is 1. The molecule has 2 N–H and O–H groups in total. The van der Waals surface area contributed by atoms with Crippen LogP contribution in [0.15, 0.2) is 66.9 Å². The van der Waals surface area contributed by atoms with Crippen LogP contribution in [0.25, 0.3) is 0 Å². The van der Waals surface area contributed by atoms with Gasteiger partial charge < -0.3 is 15.4 Å². The lowest BCUT2D eigenvalue weighted by Gasteiger charge is -2.08. The summed E-state index contributed by atoms with van der Waals surface area (Å²) in [6.45, 7) is 1.97. The van der Waals surface area contributed by atoms with E-state index < -0.39 is 5.91 Å². The van der Waals surface area contributed by atoms with Crippen molar-refractivity contribution in [1.82, 2.24) is 4.98 Å². The second-order valence-corrected chi connectivity index (χ2v) is 5.94. The van der Waals surface area contributed by atoms with Crippen LogP contribution in [-0.4, -0.2) is 23.9 Å². The summed E-state index contributed by atoms with van der Waals surface area (Å²) < 4.78 is 5.14. The molecule has 3 rings (SSSR count). The molecule has 0 unspecified atom stereocenters. The number of nitrogens with zero attached hydrogens (tertiary/aromatic N) is 1. The molecule has 0 spiro atoms. The second-order valence-electron chi connectivity index (χ2n) is 5.94. The molecule has 2 amide bonds. The standard InChI is InChI=1S/C21H19N3O3/c1-14-6-8-16(9-7-14)23-20(25)15-10-11-22-19(12-15)21(26)24-17-4-3-5-18(13-17)27-2/h3-13H,1-2H3,(H,23,25)(H,24,26). The molecule has 0 saturated carbocycles. The van der Waals surface area contributed by atoms with Crippen LogP contribution in [0.4, 0.5) is 11.4 Å². The predicted octanol–water partition coefficient (Wildman–Crippen LogP) is 3.90. The number of aryl methyl sites for hydroxylation is 1. The van der Waals surface area contributed by atoms with Crippen molar-refractivity contribution in [3.8, 4) is 5.75 Å². The molecule has 3 aromatic rings. The SMILES string of the molecule is COc1cccc(NC(=O)c2cc(C(=O)Nc3ccc(C)cc3)ccn2)c1. The van der Waals surface area contributed by atoms with Crippen LogP contribution in [0.5, 0.6) is 5.75 Å². The summed E-state index contributed by atoms with van der Waals surface area (Å²) in [6, 6.07) is 17.5. The minimum atomic E-state index is -0.409. The number of carbonyl (C=O) groups is 2. The normalized spacial score (nSPS) is 10.1. The molecule has 0 radical (unpaired) electrons. The first-order valence-electron chi connectivity index (χ1n) is 8.34. The van der Waals surface area contributed by atoms with E-state index in [1.54, 1.807) is 37.4 Å². The molecule has 0 saturated heterocycles. The maximum Gasteiger partial charge on any atom is 0.274 e. The summed E-state index contributed by atoms with van der Waals surface area (Å²) in [5.74, 6) is -0.0862. The van der Waals surface area contributed by atoms with Crippen molar-refractivity contribution < 1.29 is 14.3 Å². The highest BCUT2D eigenvalue weighted by molar-refractivity contribution is 6.07. The molecule has 0 atom stereocenters.